The van der Waals surface area contributed by atoms with Crippen LogP contribution in [0.1, 0.15) is 27.7 Å². The maximum atomic E-state index is 13.0. The molecule has 0 fully saturated rings. The molecule has 2 heterocycles. The molecule has 0 unspecified atom stereocenters. The van der Waals surface area contributed by atoms with Crippen LogP contribution in [0.25, 0.3) is 22.0 Å². The molecule has 0 radical (unpaired) electrons. The Balaban J connectivity index is 1.68. The van der Waals surface area contributed by atoms with Gasteiger partial charge in [0.05, 0.1) is 13.0 Å². The quantitative estimate of drug-likeness (QED) is 0.343. The van der Waals surface area contributed by atoms with Gasteiger partial charge in [0.25, 0.3) is 0 Å². The second-order valence-corrected chi connectivity index (χ2v) is 9.13. The van der Waals surface area contributed by atoms with Crippen LogP contribution in [0.15, 0.2) is 54.7 Å². The van der Waals surface area contributed by atoms with Crippen LogP contribution in [-0.4, -0.2) is 23.1 Å². The topological polar surface area (TPSA) is 60.3 Å². The second kappa shape index (κ2) is 9.18. The zero-order valence-electron chi connectivity index (χ0n) is 18.1. The fraction of sp³-hybridized carbons (Fsp3) is 0.200. The van der Waals surface area contributed by atoms with Crippen molar-refractivity contribution in [2.24, 2.45) is 7.05 Å². The molecule has 1 amide bonds. The van der Waals surface area contributed by atoms with E-state index < -0.39 is 5.97 Å². The molecule has 0 saturated carbocycles. The summed E-state index contributed by atoms with van der Waals surface area (Å²) in [5.41, 5.74) is 3.98. The second-order valence-electron chi connectivity index (χ2n) is 7.47. The van der Waals surface area contributed by atoms with E-state index in [9.17, 15) is 9.59 Å². The number of rotatable bonds is 6. The van der Waals surface area contributed by atoms with E-state index in [-0.39, 0.29) is 18.9 Å². The number of halogens is 1. The Morgan fingerprint density at radius 2 is 1.84 bits per heavy atom. The van der Waals surface area contributed by atoms with Gasteiger partial charge in [0.2, 0.25) is 5.91 Å². The number of anilines is 1. The summed E-state index contributed by atoms with van der Waals surface area (Å²) >= 11 is 7.41. The molecule has 164 valence electrons. The van der Waals surface area contributed by atoms with Crippen molar-refractivity contribution in [3.8, 4) is 11.1 Å². The number of para-hydroxylation sites is 1. The van der Waals surface area contributed by atoms with Crippen molar-refractivity contribution in [1.82, 2.24) is 4.57 Å². The summed E-state index contributed by atoms with van der Waals surface area (Å²) in [6.45, 7) is 3.94. The minimum absolute atomic E-state index is 0.184. The molecule has 1 N–H and O–H groups in total. The zero-order chi connectivity index (χ0) is 22.8. The maximum absolute atomic E-state index is 13.0. The summed E-state index contributed by atoms with van der Waals surface area (Å²) in [4.78, 5) is 26.8. The fourth-order valence-electron chi connectivity index (χ4n) is 3.91. The number of fused-ring (bicyclic) bond motifs is 1. The first-order valence-electron chi connectivity index (χ1n) is 10.3. The van der Waals surface area contributed by atoms with Crippen molar-refractivity contribution in [3.63, 3.8) is 0 Å². The van der Waals surface area contributed by atoms with Crippen LogP contribution in [0.2, 0.25) is 5.02 Å². The van der Waals surface area contributed by atoms with Crippen molar-refractivity contribution < 1.29 is 14.3 Å². The molecule has 4 rings (SSSR count). The number of ether oxygens (including phenoxy) is 1. The van der Waals surface area contributed by atoms with Crippen molar-refractivity contribution in [2.75, 3.05) is 11.9 Å². The predicted molar refractivity (Wildman–Crippen MR) is 131 cm³/mol. The molecular formula is C25H23ClN2O3S. The fourth-order valence-corrected chi connectivity index (χ4v) is 5.11. The van der Waals surface area contributed by atoms with Gasteiger partial charge < -0.3 is 14.6 Å². The predicted octanol–water partition coefficient (Wildman–Crippen LogP) is 6.23. The van der Waals surface area contributed by atoms with Crippen LogP contribution in [-0.2, 0) is 23.0 Å². The number of hydrogen-bond donors (Lipinski definition) is 1. The lowest BCUT2D eigenvalue weighted by atomic mass is 10.0. The van der Waals surface area contributed by atoms with Gasteiger partial charge in [0, 0.05) is 39.6 Å². The number of carbonyl (C=O) groups excluding carboxylic acids is 2. The Morgan fingerprint density at radius 3 is 2.56 bits per heavy atom. The lowest BCUT2D eigenvalue weighted by Gasteiger charge is -2.09. The lowest BCUT2D eigenvalue weighted by molar-refractivity contribution is -0.115. The van der Waals surface area contributed by atoms with Crippen LogP contribution in [0.5, 0.6) is 0 Å². The van der Waals surface area contributed by atoms with Crippen LogP contribution >= 0.6 is 22.9 Å². The van der Waals surface area contributed by atoms with Gasteiger partial charge in [-0.3, -0.25) is 4.79 Å². The Morgan fingerprint density at radius 1 is 1.12 bits per heavy atom. The van der Waals surface area contributed by atoms with Gasteiger partial charge in [-0.15, -0.1) is 11.3 Å². The molecule has 4 aromatic rings. The van der Waals surface area contributed by atoms with Crippen molar-refractivity contribution in [3.05, 3.63) is 75.8 Å². The molecule has 2 aromatic heterocycles. The summed E-state index contributed by atoms with van der Waals surface area (Å²) in [5.74, 6) is -0.641. The monoisotopic (exact) mass is 466 g/mol. The van der Waals surface area contributed by atoms with E-state index in [4.69, 9.17) is 16.3 Å². The smallest absolute Gasteiger partial charge is 0.341 e. The number of esters is 1. The lowest BCUT2D eigenvalue weighted by Crippen LogP contribution is -2.16. The van der Waals surface area contributed by atoms with E-state index in [1.165, 1.54) is 11.3 Å². The van der Waals surface area contributed by atoms with Crippen LogP contribution in [0, 0.1) is 6.92 Å². The number of aryl methyl sites for hydroxylation is 2. The summed E-state index contributed by atoms with van der Waals surface area (Å²) in [7, 11) is 1.96. The van der Waals surface area contributed by atoms with Crippen LogP contribution in [0.4, 0.5) is 5.00 Å². The number of thiophene rings is 1. The number of aromatic nitrogens is 1. The van der Waals surface area contributed by atoms with Crippen LogP contribution in [0.3, 0.4) is 0 Å². The highest BCUT2D eigenvalue weighted by atomic mass is 35.5. The molecule has 0 aliphatic heterocycles. The Kier molecular flexibility index (Phi) is 6.35. The van der Waals surface area contributed by atoms with E-state index in [2.05, 4.69) is 5.32 Å². The van der Waals surface area contributed by atoms with Crippen molar-refractivity contribution in [2.45, 2.75) is 20.3 Å². The highest BCUT2D eigenvalue weighted by molar-refractivity contribution is 7.17. The number of nitrogens with one attached hydrogen (secondary N) is 1. The van der Waals surface area contributed by atoms with Crippen molar-refractivity contribution in [1.29, 1.82) is 0 Å². The molecular weight excluding hydrogens is 444 g/mol. The van der Waals surface area contributed by atoms with E-state index in [1.807, 2.05) is 61.1 Å². The van der Waals surface area contributed by atoms with E-state index in [1.54, 1.807) is 19.1 Å². The van der Waals surface area contributed by atoms with E-state index >= 15 is 0 Å². The Hall–Kier alpha value is -3.09. The van der Waals surface area contributed by atoms with Crippen LogP contribution < -0.4 is 5.32 Å². The Labute approximate surface area is 195 Å². The van der Waals surface area contributed by atoms with Crippen molar-refractivity contribution >= 4 is 50.7 Å². The molecule has 0 aliphatic carbocycles. The average Bonchev–Trinajstić information content (AvgIpc) is 3.25. The number of benzene rings is 2. The largest absolute Gasteiger partial charge is 0.462 e. The van der Waals surface area contributed by atoms with Gasteiger partial charge in [-0.25, -0.2) is 4.79 Å². The first-order chi connectivity index (χ1) is 15.4. The third kappa shape index (κ3) is 4.29. The first-order valence-corrected chi connectivity index (χ1v) is 11.5. The summed E-state index contributed by atoms with van der Waals surface area (Å²) < 4.78 is 7.33. The third-order valence-electron chi connectivity index (χ3n) is 5.28. The Bertz CT molecular complexity index is 1300. The summed E-state index contributed by atoms with van der Waals surface area (Å²) in [6.07, 6.45) is 2.17. The molecule has 7 heteroatoms. The molecule has 2 aromatic carbocycles. The number of hydrogen-bond acceptors (Lipinski definition) is 4. The van der Waals surface area contributed by atoms with E-state index in [0.29, 0.717) is 15.6 Å². The number of carbonyl (C=O) groups is 2. The highest BCUT2D eigenvalue weighted by Crippen LogP contribution is 2.40. The minimum atomic E-state index is -0.456. The molecule has 0 aliphatic rings. The van der Waals surface area contributed by atoms with Gasteiger partial charge in [-0.1, -0.05) is 41.9 Å². The SMILES string of the molecule is CCOC(=O)c1c(NC(=O)Cc2cn(C)c3ccccc23)sc(C)c1-c1ccc(Cl)cc1. The van der Waals surface area contributed by atoms with Gasteiger partial charge in [-0.05, 0) is 43.2 Å². The van der Waals surface area contributed by atoms with Gasteiger partial charge in [-0.2, -0.15) is 0 Å². The maximum Gasteiger partial charge on any atom is 0.341 e. The average molecular weight is 467 g/mol. The number of amides is 1. The molecule has 5 nitrogen and oxygen atoms in total. The van der Waals surface area contributed by atoms with Gasteiger partial charge >= 0.3 is 5.97 Å². The van der Waals surface area contributed by atoms with E-state index in [0.717, 1.165) is 32.5 Å². The molecule has 0 bridgehead atoms. The highest BCUT2D eigenvalue weighted by Gasteiger charge is 2.25. The van der Waals surface area contributed by atoms with Gasteiger partial charge in [0.1, 0.15) is 10.6 Å². The minimum Gasteiger partial charge on any atom is -0.462 e. The normalized spacial score (nSPS) is 11.0. The standard InChI is InChI=1S/C25H23ClN2O3S/c1-4-31-25(30)23-22(16-9-11-18(26)12-10-16)15(2)32-24(23)27-21(29)13-17-14-28(3)20-8-6-5-7-19(17)20/h5-12,14H,4,13H2,1-3H3,(H,27,29). The van der Waals surface area contributed by atoms with Gasteiger partial charge in [0.15, 0.2) is 0 Å². The molecule has 0 saturated heterocycles. The molecule has 0 atom stereocenters. The number of nitrogens with zero attached hydrogens (tertiary/aromatic N) is 1. The summed E-state index contributed by atoms with van der Waals surface area (Å²) in [6, 6.07) is 15.3. The molecule has 0 spiro atoms. The first kappa shape index (κ1) is 22.1. The third-order valence-corrected chi connectivity index (χ3v) is 6.55. The summed E-state index contributed by atoms with van der Waals surface area (Å²) in [5, 5.41) is 5.11. The molecule has 32 heavy (non-hydrogen) atoms. The zero-order valence-corrected chi connectivity index (χ0v) is 19.6.